The Morgan fingerprint density at radius 1 is 1.50 bits per heavy atom. The fraction of sp³-hybridized carbons (Fsp3) is 0.667. The molecular formula is C12H18N4. The molecule has 0 aliphatic carbocycles. The van der Waals surface area contributed by atoms with Crippen molar-refractivity contribution >= 4 is 0 Å². The van der Waals surface area contributed by atoms with Gasteiger partial charge in [-0.1, -0.05) is 0 Å². The van der Waals surface area contributed by atoms with Gasteiger partial charge < -0.3 is 0 Å². The summed E-state index contributed by atoms with van der Waals surface area (Å²) in [6, 6.07) is 4.49. The number of aromatic nitrogens is 2. The number of piperidine rings is 1. The van der Waals surface area contributed by atoms with Crippen molar-refractivity contribution in [2.24, 2.45) is 13.0 Å². The second-order valence-electron chi connectivity index (χ2n) is 4.58. The van der Waals surface area contributed by atoms with Crippen LogP contribution in [-0.4, -0.2) is 27.8 Å². The summed E-state index contributed by atoms with van der Waals surface area (Å²) in [5, 5.41) is 13.2. The molecule has 0 saturated carbocycles. The molecule has 4 heteroatoms. The average molecular weight is 218 g/mol. The predicted octanol–water partition coefficient (Wildman–Crippen LogP) is 1.46. The smallest absolute Gasteiger partial charge is 0.0656 e. The van der Waals surface area contributed by atoms with Gasteiger partial charge in [-0.2, -0.15) is 10.4 Å². The van der Waals surface area contributed by atoms with E-state index in [9.17, 15) is 0 Å². The molecule has 16 heavy (non-hydrogen) atoms. The Hall–Kier alpha value is -1.34. The van der Waals surface area contributed by atoms with Crippen molar-refractivity contribution in [3.63, 3.8) is 0 Å². The highest BCUT2D eigenvalue weighted by atomic mass is 15.3. The first-order valence-corrected chi connectivity index (χ1v) is 5.80. The summed E-state index contributed by atoms with van der Waals surface area (Å²) >= 11 is 0. The Bertz CT molecular complexity index is 394. The van der Waals surface area contributed by atoms with Crippen LogP contribution in [0.5, 0.6) is 0 Å². The van der Waals surface area contributed by atoms with Crippen LogP contribution in [0.3, 0.4) is 0 Å². The molecule has 0 bridgehead atoms. The molecule has 0 amide bonds. The second-order valence-corrected chi connectivity index (χ2v) is 4.58. The van der Waals surface area contributed by atoms with E-state index in [0.717, 1.165) is 38.2 Å². The summed E-state index contributed by atoms with van der Waals surface area (Å²) in [5.41, 5.74) is 2.33. The van der Waals surface area contributed by atoms with Gasteiger partial charge in [0.05, 0.1) is 17.5 Å². The van der Waals surface area contributed by atoms with E-state index < -0.39 is 0 Å². The van der Waals surface area contributed by atoms with Crippen LogP contribution < -0.4 is 0 Å². The zero-order valence-corrected chi connectivity index (χ0v) is 9.98. The number of hydrogen-bond acceptors (Lipinski definition) is 3. The first-order valence-electron chi connectivity index (χ1n) is 5.80. The topological polar surface area (TPSA) is 44.9 Å². The number of likely N-dealkylation sites (tertiary alicyclic amines) is 1. The number of nitriles is 1. The predicted molar refractivity (Wildman–Crippen MR) is 61.6 cm³/mol. The second kappa shape index (κ2) is 4.67. The van der Waals surface area contributed by atoms with Crippen molar-refractivity contribution in [2.75, 3.05) is 13.1 Å². The lowest BCUT2D eigenvalue weighted by Crippen LogP contribution is -2.33. The summed E-state index contributed by atoms with van der Waals surface area (Å²) in [6.45, 7) is 5.03. The molecule has 2 rings (SSSR count). The zero-order valence-electron chi connectivity index (χ0n) is 9.98. The van der Waals surface area contributed by atoms with Crippen molar-refractivity contribution in [1.29, 1.82) is 5.26 Å². The molecule has 1 aromatic rings. The number of aryl methyl sites for hydroxylation is 2. The van der Waals surface area contributed by atoms with Crippen LogP contribution in [0, 0.1) is 24.2 Å². The third kappa shape index (κ3) is 2.42. The highest BCUT2D eigenvalue weighted by Crippen LogP contribution is 2.18. The van der Waals surface area contributed by atoms with E-state index in [-0.39, 0.29) is 5.92 Å². The van der Waals surface area contributed by atoms with Gasteiger partial charge >= 0.3 is 0 Å². The molecule has 2 heterocycles. The van der Waals surface area contributed by atoms with E-state index in [1.54, 1.807) is 0 Å². The van der Waals surface area contributed by atoms with Gasteiger partial charge in [0, 0.05) is 19.5 Å². The van der Waals surface area contributed by atoms with Crippen LogP contribution in [0.4, 0.5) is 0 Å². The van der Waals surface area contributed by atoms with Crippen molar-refractivity contribution in [3.05, 3.63) is 17.5 Å². The maximum atomic E-state index is 8.83. The molecule has 0 atom stereocenters. The normalized spacial score (nSPS) is 18.6. The molecule has 0 N–H and O–H groups in total. The van der Waals surface area contributed by atoms with Crippen molar-refractivity contribution < 1.29 is 0 Å². The Morgan fingerprint density at radius 3 is 2.69 bits per heavy atom. The van der Waals surface area contributed by atoms with Gasteiger partial charge in [-0.3, -0.25) is 9.58 Å². The van der Waals surface area contributed by atoms with Crippen LogP contribution >= 0.6 is 0 Å². The highest BCUT2D eigenvalue weighted by Gasteiger charge is 2.19. The number of hydrogen-bond donors (Lipinski definition) is 0. The molecule has 1 aliphatic rings. The average Bonchev–Trinajstić information content (AvgIpc) is 2.59. The molecule has 0 aromatic carbocycles. The van der Waals surface area contributed by atoms with Gasteiger partial charge in [-0.15, -0.1) is 0 Å². The van der Waals surface area contributed by atoms with Gasteiger partial charge in [0.2, 0.25) is 0 Å². The van der Waals surface area contributed by atoms with Gasteiger partial charge in [-0.05, 0) is 38.9 Å². The Labute approximate surface area is 96.5 Å². The van der Waals surface area contributed by atoms with E-state index in [1.165, 1.54) is 5.69 Å². The fourth-order valence-electron chi connectivity index (χ4n) is 2.26. The van der Waals surface area contributed by atoms with E-state index >= 15 is 0 Å². The fourth-order valence-corrected chi connectivity index (χ4v) is 2.26. The van der Waals surface area contributed by atoms with Crippen LogP contribution in [0.1, 0.15) is 24.2 Å². The molecule has 1 saturated heterocycles. The van der Waals surface area contributed by atoms with Gasteiger partial charge in [-0.25, -0.2) is 0 Å². The van der Waals surface area contributed by atoms with E-state index in [1.807, 2.05) is 18.7 Å². The lowest BCUT2D eigenvalue weighted by molar-refractivity contribution is 0.194. The van der Waals surface area contributed by atoms with Crippen LogP contribution in [-0.2, 0) is 13.6 Å². The van der Waals surface area contributed by atoms with Gasteiger partial charge in [0.15, 0.2) is 0 Å². The first-order chi connectivity index (χ1) is 7.69. The summed E-state index contributed by atoms with van der Waals surface area (Å²) in [5.74, 6) is 0.268. The molecule has 0 unspecified atom stereocenters. The summed E-state index contributed by atoms with van der Waals surface area (Å²) in [6.07, 6.45) is 2.01. The molecule has 4 nitrogen and oxygen atoms in total. The summed E-state index contributed by atoms with van der Waals surface area (Å²) in [7, 11) is 1.99. The number of rotatable bonds is 2. The largest absolute Gasteiger partial charge is 0.297 e. The van der Waals surface area contributed by atoms with Gasteiger partial charge in [0.25, 0.3) is 0 Å². The highest BCUT2D eigenvalue weighted by molar-refractivity contribution is 5.08. The van der Waals surface area contributed by atoms with Gasteiger partial charge in [0.1, 0.15) is 0 Å². The summed E-state index contributed by atoms with van der Waals surface area (Å²) < 4.78 is 1.95. The Kier molecular flexibility index (Phi) is 3.25. The lowest BCUT2D eigenvalue weighted by Gasteiger charge is -2.28. The monoisotopic (exact) mass is 218 g/mol. The van der Waals surface area contributed by atoms with E-state index in [2.05, 4.69) is 22.1 Å². The van der Waals surface area contributed by atoms with Crippen molar-refractivity contribution in [3.8, 4) is 6.07 Å². The molecule has 1 fully saturated rings. The number of nitrogens with zero attached hydrogens (tertiary/aromatic N) is 4. The maximum Gasteiger partial charge on any atom is 0.0656 e. The van der Waals surface area contributed by atoms with Crippen molar-refractivity contribution in [2.45, 2.75) is 26.3 Å². The molecule has 0 radical (unpaired) electrons. The quantitative estimate of drug-likeness (QED) is 0.755. The van der Waals surface area contributed by atoms with E-state index in [4.69, 9.17) is 5.26 Å². The molecule has 86 valence electrons. The van der Waals surface area contributed by atoms with Crippen LogP contribution in [0.15, 0.2) is 6.07 Å². The lowest BCUT2D eigenvalue weighted by atomic mass is 9.98. The summed E-state index contributed by atoms with van der Waals surface area (Å²) in [4.78, 5) is 2.41. The SMILES string of the molecule is Cc1cc(CN2CCC(C#N)CC2)n(C)n1. The minimum Gasteiger partial charge on any atom is -0.297 e. The first kappa shape index (κ1) is 11.2. The van der Waals surface area contributed by atoms with Crippen LogP contribution in [0.25, 0.3) is 0 Å². The molecular weight excluding hydrogens is 200 g/mol. The third-order valence-corrected chi connectivity index (χ3v) is 3.25. The standard InChI is InChI=1S/C12H18N4/c1-10-7-12(15(2)14-10)9-16-5-3-11(8-13)4-6-16/h7,11H,3-6,9H2,1-2H3. The van der Waals surface area contributed by atoms with Crippen molar-refractivity contribution in [1.82, 2.24) is 14.7 Å². The Balaban J connectivity index is 1.92. The molecule has 0 spiro atoms. The Morgan fingerprint density at radius 2 is 2.19 bits per heavy atom. The maximum absolute atomic E-state index is 8.83. The molecule has 1 aromatic heterocycles. The molecule has 1 aliphatic heterocycles. The minimum atomic E-state index is 0.268. The van der Waals surface area contributed by atoms with Crippen LogP contribution in [0.2, 0.25) is 0 Å². The minimum absolute atomic E-state index is 0.268. The third-order valence-electron chi connectivity index (χ3n) is 3.25. The van der Waals surface area contributed by atoms with E-state index in [0.29, 0.717) is 0 Å². The zero-order chi connectivity index (χ0) is 11.5.